The maximum atomic E-state index is 12.2. The van der Waals surface area contributed by atoms with Crippen molar-refractivity contribution in [3.8, 4) is 10.6 Å². The third-order valence-corrected chi connectivity index (χ3v) is 7.05. The fourth-order valence-corrected chi connectivity index (χ4v) is 5.17. The molecule has 2 saturated carbocycles. The molecule has 0 radical (unpaired) electrons. The molecular weight excluding hydrogens is 400 g/mol. The molecule has 8 nitrogen and oxygen atoms in total. The zero-order chi connectivity index (χ0) is 20.7. The summed E-state index contributed by atoms with van der Waals surface area (Å²) in [4.78, 5) is 29.0. The summed E-state index contributed by atoms with van der Waals surface area (Å²) in [6.45, 7) is 3.08. The number of thiazole rings is 1. The summed E-state index contributed by atoms with van der Waals surface area (Å²) in [5.41, 5.74) is 1.94. The van der Waals surface area contributed by atoms with Crippen LogP contribution in [-0.2, 0) is 0 Å². The van der Waals surface area contributed by atoms with Gasteiger partial charge in [0.15, 0.2) is 0 Å². The predicted molar refractivity (Wildman–Crippen MR) is 119 cm³/mol. The number of anilines is 2. The van der Waals surface area contributed by atoms with Crippen molar-refractivity contribution < 1.29 is 5.11 Å². The third kappa shape index (κ3) is 3.91. The molecule has 2 aliphatic carbocycles. The summed E-state index contributed by atoms with van der Waals surface area (Å²) >= 11 is 1.48. The van der Waals surface area contributed by atoms with Crippen molar-refractivity contribution in [2.45, 2.75) is 45.1 Å². The first kappa shape index (κ1) is 19.4. The molecule has 0 spiro atoms. The Hall–Kier alpha value is -2.52. The van der Waals surface area contributed by atoms with Crippen LogP contribution in [0.1, 0.15) is 37.8 Å². The van der Waals surface area contributed by atoms with Crippen LogP contribution in [0.2, 0.25) is 0 Å². The van der Waals surface area contributed by atoms with Gasteiger partial charge in [-0.2, -0.15) is 4.98 Å². The highest BCUT2D eigenvalue weighted by atomic mass is 32.1. The van der Waals surface area contributed by atoms with E-state index in [-0.39, 0.29) is 18.2 Å². The van der Waals surface area contributed by atoms with Crippen molar-refractivity contribution in [2.24, 2.45) is 11.8 Å². The SMILES string of the molecule is Cc1nc(NCC2CC2)nc(N[C@H]2CC[C@@H](CO)C2)c1-c1nc2c(=O)[nH]ccc2s1. The van der Waals surface area contributed by atoms with Gasteiger partial charge in [-0.3, -0.25) is 4.79 Å². The Morgan fingerprint density at radius 1 is 1.20 bits per heavy atom. The first-order chi connectivity index (χ1) is 14.6. The second kappa shape index (κ2) is 7.96. The van der Waals surface area contributed by atoms with Gasteiger partial charge in [-0.15, -0.1) is 11.3 Å². The smallest absolute Gasteiger partial charge is 0.275 e. The van der Waals surface area contributed by atoms with Crippen LogP contribution >= 0.6 is 11.3 Å². The highest BCUT2D eigenvalue weighted by Gasteiger charge is 2.27. The first-order valence-electron chi connectivity index (χ1n) is 10.6. The number of pyridine rings is 1. The Morgan fingerprint density at radius 3 is 2.77 bits per heavy atom. The Balaban J connectivity index is 1.53. The molecule has 2 atom stereocenters. The average Bonchev–Trinajstić information content (AvgIpc) is 3.28. The molecule has 3 heterocycles. The fourth-order valence-electron chi connectivity index (χ4n) is 4.11. The van der Waals surface area contributed by atoms with Gasteiger partial charge in [-0.1, -0.05) is 0 Å². The normalized spacial score (nSPS) is 21.3. The molecule has 30 heavy (non-hydrogen) atoms. The van der Waals surface area contributed by atoms with Gasteiger partial charge in [-0.05, 0) is 56.9 Å². The molecule has 2 aliphatic rings. The molecule has 0 unspecified atom stereocenters. The number of nitrogens with zero attached hydrogens (tertiary/aromatic N) is 3. The van der Waals surface area contributed by atoms with E-state index in [0.29, 0.717) is 17.4 Å². The number of H-pyrrole nitrogens is 1. The molecule has 2 fully saturated rings. The number of aliphatic hydroxyl groups is 1. The summed E-state index contributed by atoms with van der Waals surface area (Å²) in [5.74, 6) is 2.43. The lowest BCUT2D eigenvalue weighted by atomic mass is 10.1. The maximum Gasteiger partial charge on any atom is 0.275 e. The van der Waals surface area contributed by atoms with E-state index in [0.717, 1.165) is 58.5 Å². The van der Waals surface area contributed by atoms with E-state index in [9.17, 15) is 9.90 Å². The molecule has 0 aliphatic heterocycles. The van der Waals surface area contributed by atoms with Gasteiger partial charge in [0.05, 0.1) is 16.0 Å². The van der Waals surface area contributed by atoms with Crippen molar-refractivity contribution in [2.75, 3.05) is 23.8 Å². The number of aliphatic hydroxyl groups excluding tert-OH is 1. The molecule has 3 aromatic heterocycles. The molecular formula is C21H26N6O2S. The van der Waals surface area contributed by atoms with Gasteiger partial charge in [0.25, 0.3) is 5.56 Å². The number of hydrogen-bond acceptors (Lipinski definition) is 8. The lowest BCUT2D eigenvalue weighted by molar-refractivity contribution is 0.229. The monoisotopic (exact) mass is 426 g/mol. The topological polar surface area (TPSA) is 116 Å². The van der Waals surface area contributed by atoms with Gasteiger partial charge < -0.3 is 20.7 Å². The number of nitrogens with one attached hydrogen (secondary N) is 3. The van der Waals surface area contributed by atoms with E-state index < -0.39 is 0 Å². The predicted octanol–water partition coefficient (Wildman–Crippen LogP) is 3.14. The van der Waals surface area contributed by atoms with Crippen LogP contribution in [0.5, 0.6) is 0 Å². The maximum absolute atomic E-state index is 12.2. The van der Waals surface area contributed by atoms with E-state index in [2.05, 4.69) is 25.6 Å². The van der Waals surface area contributed by atoms with E-state index in [1.807, 2.05) is 13.0 Å². The zero-order valence-electron chi connectivity index (χ0n) is 16.9. The standard InChI is InChI=1S/C21H26N6O2S/c1-11-16(20-26-17-15(30-20)6-7-22-19(17)29)18(25-14-5-4-13(8-14)10-28)27-21(24-11)23-9-12-2-3-12/h6-7,12-14,28H,2-5,8-10H2,1H3,(H,22,29)(H2,23,24,25,27)/t13-,14+/m1/s1. The van der Waals surface area contributed by atoms with Gasteiger partial charge in [0, 0.05) is 25.4 Å². The molecule has 4 N–H and O–H groups in total. The second-order valence-electron chi connectivity index (χ2n) is 8.42. The summed E-state index contributed by atoms with van der Waals surface area (Å²) in [6, 6.07) is 2.12. The number of fused-ring (bicyclic) bond motifs is 1. The van der Waals surface area contributed by atoms with Crippen molar-refractivity contribution in [3.63, 3.8) is 0 Å². The van der Waals surface area contributed by atoms with Gasteiger partial charge in [-0.25, -0.2) is 9.97 Å². The van der Waals surface area contributed by atoms with Gasteiger partial charge >= 0.3 is 0 Å². The first-order valence-corrected chi connectivity index (χ1v) is 11.4. The molecule has 9 heteroatoms. The van der Waals surface area contributed by atoms with Crippen molar-refractivity contribution >= 4 is 33.3 Å². The van der Waals surface area contributed by atoms with Crippen molar-refractivity contribution in [1.82, 2.24) is 19.9 Å². The molecule has 0 saturated heterocycles. The summed E-state index contributed by atoms with van der Waals surface area (Å²) in [7, 11) is 0. The van der Waals surface area contributed by atoms with Gasteiger partial charge in [0.1, 0.15) is 16.3 Å². The van der Waals surface area contributed by atoms with Gasteiger partial charge in [0.2, 0.25) is 5.95 Å². The Kier molecular flexibility index (Phi) is 5.16. The number of aromatic amines is 1. The Labute approximate surface area is 178 Å². The van der Waals surface area contributed by atoms with Crippen molar-refractivity contribution in [3.05, 3.63) is 28.3 Å². The van der Waals surface area contributed by atoms with E-state index >= 15 is 0 Å². The molecule has 158 valence electrons. The number of aromatic nitrogens is 4. The van der Waals surface area contributed by atoms with Crippen LogP contribution in [0.4, 0.5) is 11.8 Å². The van der Waals surface area contributed by atoms with E-state index in [4.69, 9.17) is 4.98 Å². The highest BCUT2D eigenvalue weighted by molar-refractivity contribution is 7.21. The van der Waals surface area contributed by atoms with Crippen LogP contribution in [0, 0.1) is 18.8 Å². The van der Waals surface area contributed by atoms with Crippen LogP contribution in [0.15, 0.2) is 17.1 Å². The molecule has 3 aromatic rings. The molecule has 5 rings (SSSR count). The minimum atomic E-state index is -0.188. The van der Waals surface area contributed by atoms with E-state index in [1.165, 1.54) is 24.2 Å². The minimum Gasteiger partial charge on any atom is -0.396 e. The molecule has 0 bridgehead atoms. The summed E-state index contributed by atoms with van der Waals surface area (Å²) in [5, 5.41) is 17.2. The quantitative estimate of drug-likeness (QED) is 0.459. The van der Waals surface area contributed by atoms with Crippen LogP contribution < -0.4 is 16.2 Å². The van der Waals surface area contributed by atoms with Crippen LogP contribution in [0.3, 0.4) is 0 Å². The van der Waals surface area contributed by atoms with Crippen LogP contribution in [0.25, 0.3) is 20.8 Å². The largest absolute Gasteiger partial charge is 0.396 e. The Bertz CT molecular complexity index is 1120. The minimum absolute atomic E-state index is 0.188. The van der Waals surface area contributed by atoms with E-state index in [1.54, 1.807) is 6.20 Å². The second-order valence-corrected chi connectivity index (χ2v) is 9.45. The number of hydrogen-bond donors (Lipinski definition) is 4. The highest BCUT2D eigenvalue weighted by Crippen LogP contribution is 2.37. The summed E-state index contributed by atoms with van der Waals surface area (Å²) in [6.07, 6.45) is 7.10. The van der Waals surface area contributed by atoms with Crippen LogP contribution in [-0.4, -0.2) is 44.2 Å². The fraction of sp³-hybridized carbons (Fsp3) is 0.524. The lowest BCUT2D eigenvalue weighted by Gasteiger charge is -2.18. The third-order valence-electron chi connectivity index (χ3n) is 6.01. The number of rotatable bonds is 7. The Morgan fingerprint density at radius 2 is 2.03 bits per heavy atom. The summed E-state index contributed by atoms with van der Waals surface area (Å²) < 4.78 is 0.844. The average molecular weight is 427 g/mol. The van der Waals surface area contributed by atoms with Crippen molar-refractivity contribution in [1.29, 1.82) is 0 Å². The number of aryl methyl sites for hydroxylation is 1. The lowest BCUT2D eigenvalue weighted by Crippen LogP contribution is -2.19. The molecule has 0 aromatic carbocycles. The zero-order valence-corrected chi connectivity index (χ0v) is 17.8. The molecule has 0 amide bonds.